The van der Waals surface area contributed by atoms with Crippen LogP contribution in [0.4, 0.5) is 0 Å². The SMILES string of the molecule is CNCCCC(=O)N(C)C(C)c1sc(C)nc1C. The van der Waals surface area contributed by atoms with Crippen LogP contribution in [0, 0.1) is 13.8 Å². The summed E-state index contributed by atoms with van der Waals surface area (Å²) in [7, 11) is 3.78. The molecule has 1 aromatic heterocycles. The van der Waals surface area contributed by atoms with Crippen molar-refractivity contribution in [3.05, 3.63) is 15.6 Å². The lowest BCUT2D eigenvalue weighted by molar-refractivity contribution is -0.131. The monoisotopic (exact) mass is 269 g/mol. The second-order valence-electron chi connectivity index (χ2n) is 4.57. The van der Waals surface area contributed by atoms with Gasteiger partial charge in [0.05, 0.1) is 16.7 Å². The number of nitrogens with one attached hydrogen (secondary N) is 1. The minimum absolute atomic E-state index is 0.110. The number of rotatable bonds is 6. The first-order valence-electron chi connectivity index (χ1n) is 6.31. The van der Waals surface area contributed by atoms with E-state index in [9.17, 15) is 4.79 Å². The third kappa shape index (κ3) is 3.78. The molecule has 1 rings (SSSR count). The summed E-state index contributed by atoms with van der Waals surface area (Å²) in [6.45, 7) is 6.96. The second kappa shape index (κ2) is 6.85. The highest BCUT2D eigenvalue weighted by Crippen LogP contribution is 2.28. The van der Waals surface area contributed by atoms with Crippen molar-refractivity contribution in [2.45, 2.75) is 39.7 Å². The summed E-state index contributed by atoms with van der Waals surface area (Å²) in [6.07, 6.45) is 1.48. The van der Waals surface area contributed by atoms with Gasteiger partial charge in [0.15, 0.2) is 0 Å². The van der Waals surface area contributed by atoms with Crippen molar-refractivity contribution in [2.75, 3.05) is 20.6 Å². The predicted octanol–water partition coefficient (Wildman–Crippen LogP) is 2.28. The minimum atomic E-state index is 0.110. The molecule has 0 aliphatic rings. The Labute approximate surface area is 113 Å². The maximum absolute atomic E-state index is 12.0. The van der Waals surface area contributed by atoms with Crippen molar-refractivity contribution in [3.8, 4) is 0 Å². The van der Waals surface area contributed by atoms with Crippen molar-refractivity contribution in [2.24, 2.45) is 0 Å². The zero-order chi connectivity index (χ0) is 13.7. The van der Waals surface area contributed by atoms with Crippen molar-refractivity contribution in [3.63, 3.8) is 0 Å². The number of amides is 1. The molecule has 0 aliphatic carbocycles. The van der Waals surface area contributed by atoms with E-state index in [2.05, 4.69) is 17.2 Å². The second-order valence-corrected chi connectivity index (χ2v) is 5.81. The van der Waals surface area contributed by atoms with Crippen LogP contribution in [0.5, 0.6) is 0 Å². The standard InChI is InChI=1S/C13H23N3OS/c1-9-13(18-11(3)15-9)10(2)16(5)12(17)7-6-8-14-4/h10,14H,6-8H2,1-5H3. The molecule has 1 amide bonds. The van der Waals surface area contributed by atoms with Crippen LogP contribution >= 0.6 is 11.3 Å². The van der Waals surface area contributed by atoms with Gasteiger partial charge in [0.1, 0.15) is 0 Å². The van der Waals surface area contributed by atoms with E-state index >= 15 is 0 Å². The summed E-state index contributed by atoms with van der Waals surface area (Å²) >= 11 is 1.68. The molecular formula is C13H23N3OS. The smallest absolute Gasteiger partial charge is 0.222 e. The predicted molar refractivity (Wildman–Crippen MR) is 75.9 cm³/mol. The van der Waals surface area contributed by atoms with Gasteiger partial charge in [0, 0.05) is 18.3 Å². The molecule has 0 bridgehead atoms. The first kappa shape index (κ1) is 15.1. The molecular weight excluding hydrogens is 246 g/mol. The zero-order valence-corrected chi connectivity index (χ0v) is 12.7. The fourth-order valence-electron chi connectivity index (χ4n) is 1.92. The van der Waals surface area contributed by atoms with Gasteiger partial charge < -0.3 is 10.2 Å². The summed E-state index contributed by atoms with van der Waals surface area (Å²) in [5.74, 6) is 0.197. The van der Waals surface area contributed by atoms with Crippen molar-refractivity contribution in [1.29, 1.82) is 0 Å². The Morgan fingerprint density at radius 1 is 1.50 bits per heavy atom. The van der Waals surface area contributed by atoms with Gasteiger partial charge in [-0.3, -0.25) is 4.79 Å². The Balaban J connectivity index is 2.63. The molecule has 0 saturated heterocycles. The van der Waals surface area contributed by atoms with E-state index in [4.69, 9.17) is 0 Å². The van der Waals surface area contributed by atoms with Gasteiger partial charge >= 0.3 is 0 Å². The summed E-state index contributed by atoms with van der Waals surface area (Å²) < 4.78 is 0. The van der Waals surface area contributed by atoms with Crippen LogP contribution < -0.4 is 5.32 Å². The highest BCUT2D eigenvalue weighted by Gasteiger charge is 2.20. The van der Waals surface area contributed by atoms with Gasteiger partial charge in [-0.1, -0.05) is 0 Å². The van der Waals surface area contributed by atoms with Crippen LogP contribution in [0.1, 0.15) is 41.4 Å². The quantitative estimate of drug-likeness (QED) is 0.806. The molecule has 1 aromatic rings. The largest absolute Gasteiger partial charge is 0.338 e. The Morgan fingerprint density at radius 3 is 2.67 bits per heavy atom. The van der Waals surface area contributed by atoms with Crippen LogP contribution in [0.15, 0.2) is 0 Å². The fraction of sp³-hybridized carbons (Fsp3) is 0.692. The number of aromatic nitrogens is 1. The zero-order valence-electron chi connectivity index (χ0n) is 11.9. The first-order chi connectivity index (χ1) is 8.47. The average molecular weight is 269 g/mol. The van der Waals surface area contributed by atoms with Crippen molar-refractivity contribution >= 4 is 17.2 Å². The van der Waals surface area contributed by atoms with Crippen LogP contribution in [-0.2, 0) is 4.79 Å². The molecule has 5 heteroatoms. The number of hydrogen-bond acceptors (Lipinski definition) is 4. The number of nitrogens with zero attached hydrogens (tertiary/aromatic N) is 2. The molecule has 0 saturated carbocycles. The summed E-state index contributed by atoms with van der Waals surface area (Å²) in [5.41, 5.74) is 1.04. The van der Waals surface area contributed by atoms with Crippen LogP contribution in [0.2, 0.25) is 0 Å². The molecule has 0 radical (unpaired) electrons. The molecule has 1 unspecified atom stereocenters. The number of aryl methyl sites for hydroxylation is 2. The number of carbonyl (C=O) groups is 1. The lowest BCUT2D eigenvalue weighted by atomic mass is 10.2. The van der Waals surface area contributed by atoms with E-state index in [1.807, 2.05) is 32.8 Å². The molecule has 1 N–H and O–H groups in total. The van der Waals surface area contributed by atoms with Crippen LogP contribution in [0.3, 0.4) is 0 Å². The molecule has 0 spiro atoms. The maximum Gasteiger partial charge on any atom is 0.222 e. The number of carbonyl (C=O) groups excluding carboxylic acids is 1. The average Bonchev–Trinajstić information content (AvgIpc) is 2.66. The van der Waals surface area contributed by atoms with E-state index in [1.54, 1.807) is 11.3 Å². The van der Waals surface area contributed by atoms with E-state index in [0.717, 1.165) is 23.7 Å². The Hall–Kier alpha value is -0.940. The lowest BCUT2D eigenvalue weighted by Crippen LogP contribution is -2.29. The molecule has 102 valence electrons. The third-order valence-corrected chi connectivity index (χ3v) is 4.35. The molecule has 0 fully saturated rings. The van der Waals surface area contributed by atoms with E-state index in [-0.39, 0.29) is 11.9 Å². The molecule has 4 nitrogen and oxygen atoms in total. The molecule has 18 heavy (non-hydrogen) atoms. The van der Waals surface area contributed by atoms with E-state index in [1.165, 1.54) is 4.88 Å². The maximum atomic E-state index is 12.0. The highest BCUT2D eigenvalue weighted by molar-refractivity contribution is 7.11. The van der Waals surface area contributed by atoms with Gasteiger partial charge in [-0.15, -0.1) is 11.3 Å². The molecule has 1 atom stereocenters. The summed E-state index contributed by atoms with van der Waals surface area (Å²) in [5, 5.41) is 4.12. The summed E-state index contributed by atoms with van der Waals surface area (Å²) in [4.78, 5) is 19.5. The van der Waals surface area contributed by atoms with Crippen molar-refractivity contribution < 1.29 is 4.79 Å². The Kier molecular flexibility index (Phi) is 5.75. The topological polar surface area (TPSA) is 45.2 Å². The minimum Gasteiger partial charge on any atom is -0.338 e. The van der Waals surface area contributed by atoms with E-state index < -0.39 is 0 Å². The first-order valence-corrected chi connectivity index (χ1v) is 7.13. The van der Waals surface area contributed by atoms with Crippen LogP contribution in [0.25, 0.3) is 0 Å². The normalized spacial score (nSPS) is 12.5. The van der Waals surface area contributed by atoms with Crippen molar-refractivity contribution in [1.82, 2.24) is 15.2 Å². The van der Waals surface area contributed by atoms with Gasteiger partial charge in [0.25, 0.3) is 0 Å². The molecule has 1 heterocycles. The lowest BCUT2D eigenvalue weighted by Gasteiger charge is -2.24. The van der Waals surface area contributed by atoms with Gasteiger partial charge in [-0.05, 0) is 40.8 Å². The fourth-order valence-corrected chi connectivity index (χ4v) is 2.94. The molecule has 0 aromatic carbocycles. The summed E-state index contributed by atoms with van der Waals surface area (Å²) in [6, 6.07) is 0.110. The van der Waals surface area contributed by atoms with Gasteiger partial charge in [-0.25, -0.2) is 4.98 Å². The highest BCUT2D eigenvalue weighted by atomic mass is 32.1. The number of thiazole rings is 1. The van der Waals surface area contributed by atoms with Gasteiger partial charge in [0.2, 0.25) is 5.91 Å². The van der Waals surface area contributed by atoms with Crippen LogP contribution in [-0.4, -0.2) is 36.4 Å². The Morgan fingerprint density at radius 2 is 2.17 bits per heavy atom. The molecule has 0 aliphatic heterocycles. The Bertz CT molecular complexity index is 403. The van der Waals surface area contributed by atoms with Gasteiger partial charge in [-0.2, -0.15) is 0 Å². The number of hydrogen-bond donors (Lipinski definition) is 1. The van der Waals surface area contributed by atoms with E-state index in [0.29, 0.717) is 6.42 Å². The third-order valence-electron chi connectivity index (χ3n) is 3.11.